The fourth-order valence-corrected chi connectivity index (χ4v) is 19.1. The lowest BCUT2D eigenvalue weighted by molar-refractivity contribution is -0.134. The molecule has 470 valence electrons. The smallest absolute Gasteiger partial charge is 0.308 e. The number of carbonyl (C=O) groups excluding carboxylic acids is 4. The molecule has 0 bridgehead atoms. The first-order valence-electron chi connectivity index (χ1n) is 32.6. The fourth-order valence-electron chi connectivity index (χ4n) is 18.5. The summed E-state index contributed by atoms with van der Waals surface area (Å²) in [6.07, 6.45) is 0. The largest absolute Gasteiger partial charge is 0.422 e. The molecule has 96 heavy (non-hydrogen) atoms. The SMILES string of the molecule is CC(=O)Oc1c(Cl)c2c3cc(-c4c(C)cc(C)cc4C)cc4c5cc(-c6c(C)cc(C)cc6C)cc6c7c(Cl)c(OC(C)=O)c(OC(C)=O)c8c9cc(-c%10c(C)cc(C)cc%10C)cc%10c%11cc(-c%12c(C)cc(C)cc%12C)cc%12c(c1OC(C)=O)c2c1c(c43)c(c56)c(c78)c(c%109)c1c%11%12. The molecule has 0 spiro atoms. The van der Waals surface area contributed by atoms with E-state index in [1.54, 1.807) is 0 Å². The van der Waals surface area contributed by atoms with Crippen LogP contribution in [0.4, 0.5) is 0 Å². The molecular weight excluding hydrogens is 1230 g/mol. The molecule has 0 atom stereocenters. The lowest BCUT2D eigenvalue weighted by atomic mass is 9.72. The molecule has 0 aliphatic heterocycles. The van der Waals surface area contributed by atoms with E-state index in [2.05, 4.69) is 180 Å². The maximum absolute atomic E-state index is 14.2. The molecule has 0 amide bonds. The zero-order valence-electron chi connectivity index (χ0n) is 56.3. The fraction of sp³-hybridized carbons (Fsp3) is 0.186. The van der Waals surface area contributed by atoms with Crippen molar-refractivity contribution in [3.8, 4) is 67.5 Å². The molecule has 0 aliphatic rings. The predicted molar refractivity (Wildman–Crippen MR) is 397 cm³/mol. The van der Waals surface area contributed by atoms with E-state index in [0.29, 0.717) is 21.5 Å². The van der Waals surface area contributed by atoms with Gasteiger partial charge in [-0.1, -0.05) is 94.0 Å². The van der Waals surface area contributed by atoms with Gasteiger partial charge in [-0.3, -0.25) is 19.2 Å². The molecule has 0 heterocycles. The summed E-state index contributed by atoms with van der Waals surface area (Å²) in [4.78, 5) is 56.3. The summed E-state index contributed by atoms with van der Waals surface area (Å²) in [5.41, 5.74) is 21.0. The minimum Gasteiger partial charge on any atom is -0.422 e. The lowest BCUT2D eigenvalue weighted by Crippen LogP contribution is -2.10. The average molecular weight is 1300 g/mol. The Morgan fingerprint density at radius 2 is 0.406 bits per heavy atom. The van der Waals surface area contributed by atoms with E-state index in [9.17, 15) is 19.2 Å². The van der Waals surface area contributed by atoms with Crippen LogP contribution in [0.1, 0.15) is 94.5 Å². The standard InChI is InChI=1S/C86H64Cl2O8/c1-33-17-37(5)61(38(6)18-33)49-25-53-54-26-50(62-39(7)19-34(2)20-40(62)8)30-58-66(54)74-73-65(53)57(29-49)69-77-71(83(93-45(13)89)85(81(69)87)95-47(15)91)59-31-51(63-41(9)21-35(3)22-42(63)10)27-55-56-28-52(64-43(11)23-36(4)24-44(64)12)32-60-68(56)76(75(67(55)59)79(73)77)80(74)78-70(58)82(88)86(96-48(16)92)84(72(60)78)94-46(14)90/h17-32H,1-16H3. The first-order valence-corrected chi connectivity index (χ1v) is 33.3. The summed E-state index contributed by atoms with van der Waals surface area (Å²) < 4.78 is 26.2. The van der Waals surface area contributed by atoms with E-state index >= 15 is 0 Å². The molecule has 0 saturated heterocycles. The van der Waals surface area contributed by atoms with Crippen LogP contribution >= 0.6 is 23.2 Å². The van der Waals surface area contributed by atoms with Gasteiger partial charge < -0.3 is 18.9 Å². The van der Waals surface area contributed by atoms with Gasteiger partial charge in [-0.25, -0.2) is 0 Å². The predicted octanol–water partition coefficient (Wildman–Crippen LogP) is 23.5. The first kappa shape index (κ1) is 59.6. The van der Waals surface area contributed by atoms with Gasteiger partial charge in [0.15, 0.2) is 23.0 Å². The number of rotatable bonds is 8. The summed E-state index contributed by atoms with van der Waals surface area (Å²) >= 11 is 16.5. The van der Waals surface area contributed by atoms with Crippen LogP contribution in [0, 0.1) is 83.1 Å². The zero-order valence-corrected chi connectivity index (χ0v) is 57.8. The quantitative estimate of drug-likeness (QED) is 0.0641. The van der Waals surface area contributed by atoms with Gasteiger partial charge in [0, 0.05) is 70.8 Å². The van der Waals surface area contributed by atoms with Crippen LogP contribution in [-0.2, 0) is 19.2 Å². The molecule has 0 saturated carbocycles. The molecule has 17 rings (SSSR count). The molecule has 17 aromatic rings. The molecule has 0 unspecified atom stereocenters. The molecule has 0 N–H and O–H groups in total. The highest BCUT2D eigenvalue weighted by atomic mass is 35.5. The third-order valence-corrected chi connectivity index (χ3v) is 21.5. The van der Waals surface area contributed by atoms with Crippen molar-refractivity contribution in [2.24, 2.45) is 0 Å². The van der Waals surface area contributed by atoms with E-state index < -0.39 is 23.9 Å². The van der Waals surface area contributed by atoms with Crippen molar-refractivity contribution in [3.63, 3.8) is 0 Å². The second kappa shape index (κ2) is 20.2. The van der Waals surface area contributed by atoms with E-state index in [1.807, 2.05) is 0 Å². The lowest BCUT2D eigenvalue weighted by Gasteiger charge is -2.32. The molecule has 0 aromatic heterocycles. The number of hydrogen-bond acceptors (Lipinski definition) is 8. The van der Waals surface area contributed by atoms with Crippen LogP contribution in [0.15, 0.2) is 97.1 Å². The van der Waals surface area contributed by atoms with Crippen LogP contribution in [0.3, 0.4) is 0 Å². The Bertz CT molecular complexity index is 5980. The average Bonchev–Trinajstić information content (AvgIpc) is 0.637. The maximum Gasteiger partial charge on any atom is 0.308 e. The van der Waals surface area contributed by atoms with Gasteiger partial charge in [-0.15, -0.1) is 0 Å². The highest BCUT2D eigenvalue weighted by Gasteiger charge is 2.39. The minimum atomic E-state index is -0.642. The third-order valence-electron chi connectivity index (χ3n) is 20.8. The van der Waals surface area contributed by atoms with Crippen LogP contribution < -0.4 is 18.9 Å². The maximum atomic E-state index is 14.2. The van der Waals surface area contributed by atoms with Crippen LogP contribution in [0.5, 0.6) is 23.0 Å². The van der Waals surface area contributed by atoms with Gasteiger partial charge in [0.25, 0.3) is 0 Å². The number of ether oxygens (including phenoxy) is 4. The van der Waals surface area contributed by atoms with Crippen molar-refractivity contribution in [1.82, 2.24) is 0 Å². The highest BCUT2D eigenvalue weighted by molar-refractivity contribution is 6.64. The molecule has 0 fully saturated rings. The molecule has 8 nitrogen and oxygen atoms in total. The monoisotopic (exact) mass is 1290 g/mol. The Balaban J connectivity index is 1.30. The van der Waals surface area contributed by atoms with Crippen LogP contribution in [0.25, 0.3) is 174 Å². The Kier molecular flexibility index (Phi) is 12.6. The number of halogens is 2. The molecule has 0 aliphatic carbocycles. The number of esters is 4. The van der Waals surface area contributed by atoms with Gasteiger partial charge in [-0.2, -0.15) is 0 Å². The Morgan fingerprint density at radius 1 is 0.229 bits per heavy atom. The number of hydrogen-bond donors (Lipinski definition) is 0. The summed E-state index contributed by atoms with van der Waals surface area (Å²) in [5.74, 6) is -2.59. The van der Waals surface area contributed by atoms with Crippen molar-refractivity contribution < 1.29 is 38.1 Å². The van der Waals surface area contributed by atoms with Crippen molar-refractivity contribution in [2.45, 2.75) is 111 Å². The van der Waals surface area contributed by atoms with Crippen LogP contribution in [0.2, 0.25) is 10.0 Å². The summed E-state index contributed by atoms with van der Waals surface area (Å²) in [7, 11) is 0. The molecule has 0 radical (unpaired) electrons. The van der Waals surface area contributed by atoms with Gasteiger partial charge in [0.2, 0.25) is 0 Å². The summed E-state index contributed by atoms with van der Waals surface area (Å²) in [6, 6.07) is 35.9. The molecule has 17 aromatic carbocycles. The number of benzene rings is 17. The van der Waals surface area contributed by atoms with E-state index in [1.165, 1.54) is 27.7 Å². The van der Waals surface area contributed by atoms with Crippen LogP contribution in [-0.4, -0.2) is 23.9 Å². The van der Waals surface area contributed by atoms with Crippen molar-refractivity contribution >= 4 is 176 Å². The van der Waals surface area contributed by atoms with E-state index in [0.717, 1.165) is 219 Å². The normalized spacial score (nSPS) is 12.4. The second-order valence-electron chi connectivity index (χ2n) is 27.7. The Hall–Kier alpha value is -10.1. The Labute approximate surface area is 563 Å². The minimum absolute atomic E-state index is 0.0346. The third kappa shape index (κ3) is 7.91. The molecular formula is C86H64Cl2O8. The van der Waals surface area contributed by atoms with Gasteiger partial charge in [-0.05, 0) is 307 Å². The van der Waals surface area contributed by atoms with E-state index in [-0.39, 0.29) is 33.0 Å². The number of aryl methyl sites for hydroxylation is 12. The van der Waals surface area contributed by atoms with Gasteiger partial charge >= 0.3 is 23.9 Å². The van der Waals surface area contributed by atoms with Crippen molar-refractivity contribution in [3.05, 3.63) is 174 Å². The topological polar surface area (TPSA) is 105 Å². The summed E-state index contributed by atoms with van der Waals surface area (Å²) in [6.45, 7) is 31.0. The number of fused-ring (bicyclic) bond motifs is 6. The zero-order chi connectivity index (χ0) is 67.3. The Morgan fingerprint density at radius 3 is 0.625 bits per heavy atom. The second-order valence-corrected chi connectivity index (χ2v) is 28.5. The van der Waals surface area contributed by atoms with E-state index in [4.69, 9.17) is 42.1 Å². The molecule has 10 heteroatoms. The van der Waals surface area contributed by atoms with Gasteiger partial charge in [0.05, 0.1) is 10.0 Å². The van der Waals surface area contributed by atoms with Gasteiger partial charge in [0.1, 0.15) is 0 Å². The van der Waals surface area contributed by atoms with Crippen molar-refractivity contribution in [1.29, 1.82) is 0 Å². The highest BCUT2D eigenvalue weighted by Crippen LogP contribution is 2.66. The summed E-state index contributed by atoms with van der Waals surface area (Å²) in [5, 5.41) is 20.0. The van der Waals surface area contributed by atoms with Crippen molar-refractivity contribution in [2.75, 3.05) is 0 Å². The first-order chi connectivity index (χ1) is 45.7. The number of carbonyl (C=O) groups is 4.